The van der Waals surface area contributed by atoms with Crippen molar-refractivity contribution in [2.45, 2.75) is 97.8 Å². The first-order chi connectivity index (χ1) is 30.4. The maximum atomic E-state index is 13.8. The Kier molecular flexibility index (Phi) is 12.8. The molecular weight excluding hydrogens is 783 g/mol. The quantitative estimate of drug-likeness (QED) is 0.0862. The lowest BCUT2D eigenvalue weighted by molar-refractivity contribution is -0.596. The van der Waals surface area contributed by atoms with Crippen molar-refractivity contribution in [3.8, 4) is 11.5 Å². The number of nitrogens with zero attached hydrogens (tertiary/aromatic N) is 2. The number of carboxylic acid groups (broad SMARTS) is 1. The number of fused-ring (bicyclic) bond motifs is 2. The van der Waals surface area contributed by atoms with Crippen LogP contribution in [0.4, 0.5) is 11.4 Å². The fourth-order valence-electron chi connectivity index (χ4n) is 9.99. The van der Waals surface area contributed by atoms with E-state index in [1.165, 1.54) is 28.8 Å². The van der Waals surface area contributed by atoms with Crippen LogP contribution in [0.5, 0.6) is 11.5 Å². The maximum absolute atomic E-state index is 13.8. The average molecular weight is 847 g/mol. The fourth-order valence-corrected chi connectivity index (χ4v) is 9.99. The summed E-state index contributed by atoms with van der Waals surface area (Å²) < 4.78 is 15.0. The summed E-state index contributed by atoms with van der Waals surface area (Å²) in [6.45, 7) is 19.7. The topological polar surface area (TPSA) is 91.1 Å². The fraction of sp³-hybridized carbons (Fsp3) is 0.400. The number of carbonyl (C=O) groups is 2. The zero-order chi connectivity index (χ0) is 44.4. The SMILES string of the molecule is CCC(CC)c1ccccc1OCCOc1cc(NC(=O)C2C[N+](=C3C=CC4=C(c5cc(C(=O)O)ccc5C)c5ccc(N6CCC6)cc5C(C)(C)C4=C3)C2)ccc1C(CC)CC. The van der Waals surface area contributed by atoms with Crippen LogP contribution in [0.2, 0.25) is 0 Å². The molecule has 2 fully saturated rings. The van der Waals surface area contributed by atoms with Crippen molar-refractivity contribution in [3.63, 3.8) is 0 Å². The number of carboxylic acids is 1. The molecule has 0 spiro atoms. The van der Waals surface area contributed by atoms with Crippen molar-refractivity contribution < 1.29 is 28.7 Å². The zero-order valence-electron chi connectivity index (χ0n) is 38.2. The molecule has 8 heteroatoms. The molecule has 63 heavy (non-hydrogen) atoms. The number of aryl methyl sites for hydroxylation is 1. The van der Waals surface area contributed by atoms with Gasteiger partial charge in [-0.15, -0.1) is 0 Å². The first-order valence-electron chi connectivity index (χ1n) is 23.3. The molecule has 0 saturated carbocycles. The van der Waals surface area contributed by atoms with Crippen LogP contribution in [-0.2, 0) is 10.2 Å². The van der Waals surface area contributed by atoms with Gasteiger partial charge in [-0.25, -0.2) is 9.37 Å². The summed E-state index contributed by atoms with van der Waals surface area (Å²) in [4.78, 5) is 28.4. The van der Waals surface area contributed by atoms with Crippen LogP contribution in [0.3, 0.4) is 0 Å². The summed E-state index contributed by atoms with van der Waals surface area (Å²) in [5.74, 6) is 1.44. The normalized spacial score (nSPS) is 17.5. The molecule has 2 aliphatic heterocycles. The van der Waals surface area contributed by atoms with Gasteiger partial charge in [-0.2, -0.15) is 0 Å². The highest BCUT2D eigenvalue weighted by Crippen LogP contribution is 2.51. The van der Waals surface area contributed by atoms with Crippen LogP contribution in [0.25, 0.3) is 5.57 Å². The minimum atomic E-state index is -0.934. The van der Waals surface area contributed by atoms with Crippen molar-refractivity contribution in [2.75, 3.05) is 49.6 Å². The van der Waals surface area contributed by atoms with Gasteiger partial charge in [0.25, 0.3) is 0 Å². The highest BCUT2D eigenvalue weighted by atomic mass is 16.5. The van der Waals surface area contributed by atoms with E-state index in [9.17, 15) is 14.7 Å². The minimum absolute atomic E-state index is 0.00368. The minimum Gasteiger partial charge on any atom is -0.490 e. The monoisotopic (exact) mass is 846 g/mol. The molecule has 2 heterocycles. The molecule has 328 valence electrons. The number of amides is 1. The lowest BCUT2D eigenvalue weighted by Crippen LogP contribution is -2.48. The Morgan fingerprint density at radius 3 is 2.16 bits per heavy atom. The number of anilines is 2. The molecule has 4 aliphatic rings. The molecule has 0 bridgehead atoms. The van der Waals surface area contributed by atoms with Gasteiger partial charge in [-0.3, -0.25) is 4.79 Å². The number of hydrogen-bond donors (Lipinski definition) is 2. The summed E-state index contributed by atoms with van der Waals surface area (Å²) in [7, 11) is 0. The van der Waals surface area contributed by atoms with E-state index < -0.39 is 5.97 Å². The molecule has 0 radical (unpaired) electrons. The first kappa shape index (κ1) is 43.7. The van der Waals surface area contributed by atoms with E-state index in [1.54, 1.807) is 6.07 Å². The molecule has 8 rings (SSSR count). The summed E-state index contributed by atoms with van der Waals surface area (Å²) in [6.07, 6.45) is 12.0. The van der Waals surface area contributed by atoms with E-state index in [2.05, 4.69) is 124 Å². The summed E-state index contributed by atoms with van der Waals surface area (Å²) >= 11 is 0. The Bertz CT molecular complexity index is 2520. The number of ether oxygens (including phenoxy) is 2. The van der Waals surface area contributed by atoms with Gasteiger partial charge in [0, 0.05) is 48.1 Å². The number of carbonyl (C=O) groups excluding carboxylic acids is 1. The molecular formula is C55H64N3O5+. The second-order valence-electron chi connectivity index (χ2n) is 18.2. The van der Waals surface area contributed by atoms with E-state index in [0.29, 0.717) is 38.1 Å². The number of para-hydroxylation sites is 1. The van der Waals surface area contributed by atoms with Crippen molar-refractivity contribution in [1.82, 2.24) is 0 Å². The summed E-state index contributed by atoms with van der Waals surface area (Å²) in [6, 6.07) is 26.7. The van der Waals surface area contributed by atoms with Crippen LogP contribution in [0.1, 0.15) is 129 Å². The molecule has 4 aromatic carbocycles. The highest BCUT2D eigenvalue weighted by Gasteiger charge is 2.43. The molecule has 0 aromatic heterocycles. The summed E-state index contributed by atoms with van der Waals surface area (Å²) in [5, 5.41) is 13.2. The van der Waals surface area contributed by atoms with Crippen molar-refractivity contribution in [3.05, 3.63) is 147 Å². The van der Waals surface area contributed by atoms with Gasteiger partial charge in [-0.05, 0) is 143 Å². The van der Waals surface area contributed by atoms with Crippen LogP contribution >= 0.6 is 0 Å². The predicted molar refractivity (Wildman–Crippen MR) is 255 cm³/mol. The van der Waals surface area contributed by atoms with E-state index in [4.69, 9.17) is 9.47 Å². The second-order valence-corrected chi connectivity index (χ2v) is 18.2. The van der Waals surface area contributed by atoms with E-state index >= 15 is 0 Å². The molecule has 2 aliphatic carbocycles. The standard InChI is InChI=1S/C55H63N3O5/c1-8-36(9-2)43-15-12-13-16-50(43)62-27-28-63-51-30-40(19-22-44(51)37(10-3)11-4)56-53(59)39-33-58(34-39)42-21-24-46-49(32-42)55(6,7)48-31-41(57-25-14-26-57)20-23-45(48)52(46)47-29-38(54(60)61)18-17-35(47)5/h12-13,15-24,29-32,36-37,39H,8-11,14,25-28,33-34H2,1-7H3,(H-,56,59,60,61)/p+1. The Morgan fingerprint density at radius 2 is 1.49 bits per heavy atom. The van der Waals surface area contributed by atoms with Gasteiger partial charge in [0.2, 0.25) is 5.91 Å². The second kappa shape index (κ2) is 18.4. The zero-order valence-corrected chi connectivity index (χ0v) is 38.2. The molecule has 2 saturated heterocycles. The Labute approximate surface area is 374 Å². The van der Waals surface area contributed by atoms with Crippen LogP contribution < -0.4 is 19.7 Å². The van der Waals surface area contributed by atoms with Gasteiger partial charge < -0.3 is 24.8 Å². The number of hydrogen-bond acceptors (Lipinski definition) is 5. The van der Waals surface area contributed by atoms with Crippen LogP contribution in [-0.4, -0.2) is 66.7 Å². The van der Waals surface area contributed by atoms with Gasteiger partial charge >= 0.3 is 5.97 Å². The molecule has 1 amide bonds. The number of benzene rings is 4. The average Bonchev–Trinajstić information content (AvgIpc) is 3.24. The number of aromatic carboxylic acids is 1. The van der Waals surface area contributed by atoms with Crippen molar-refractivity contribution in [2.24, 2.45) is 5.92 Å². The molecule has 4 aromatic rings. The van der Waals surface area contributed by atoms with Gasteiger partial charge in [0.05, 0.1) is 5.56 Å². The lowest BCUT2D eigenvalue weighted by atomic mass is 9.64. The Balaban J connectivity index is 1.01. The Hall–Kier alpha value is -5.89. The number of rotatable bonds is 16. The van der Waals surface area contributed by atoms with Crippen molar-refractivity contribution >= 4 is 34.5 Å². The largest absolute Gasteiger partial charge is 0.490 e. The third-order valence-electron chi connectivity index (χ3n) is 14.1. The number of allylic oxidation sites excluding steroid dienone is 5. The third kappa shape index (κ3) is 8.61. The van der Waals surface area contributed by atoms with Crippen LogP contribution in [0, 0.1) is 12.8 Å². The van der Waals surface area contributed by atoms with Crippen LogP contribution in [0.15, 0.2) is 108 Å². The van der Waals surface area contributed by atoms with Crippen molar-refractivity contribution in [1.29, 1.82) is 0 Å². The molecule has 0 unspecified atom stereocenters. The maximum Gasteiger partial charge on any atom is 0.335 e. The predicted octanol–water partition coefficient (Wildman–Crippen LogP) is 11.5. The summed E-state index contributed by atoms with van der Waals surface area (Å²) in [5.41, 5.74) is 13.1. The van der Waals surface area contributed by atoms with Gasteiger partial charge in [-0.1, -0.05) is 77.9 Å². The highest BCUT2D eigenvalue weighted by molar-refractivity contribution is 6.07. The third-order valence-corrected chi connectivity index (χ3v) is 14.1. The lowest BCUT2D eigenvalue weighted by Gasteiger charge is -2.41. The first-order valence-corrected chi connectivity index (χ1v) is 23.3. The molecule has 0 atom stereocenters. The number of nitrogens with one attached hydrogen (secondary N) is 1. The van der Waals surface area contributed by atoms with E-state index in [1.807, 2.05) is 30.3 Å². The Morgan fingerprint density at radius 1 is 0.810 bits per heavy atom. The van der Waals surface area contributed by atoms with Gasteiger partial charge in [0.1, 0.15) is 24.7 Å². The van der Waals surface area contributed by atoms with E-state index in [-0.39, 0.29) is 22.8 Å². The smallest absolute Gasteiger partial charge is 0.335 e. The molecule has 2 N–H and O–H groups in total. The van der Waals surface area contributed by atoms with Gasteiger partial charge in [0.15, 0.2) is 24.7 Å². The van der Waals surface area contributed by atoms with E-state index in [0.717, 1.165) is 95.1 Å². The molecule has 8 nitrogen and oxygen atoms in total.